The minimum absolute atomic E-state index is 0.427. The number of allylic oxidation sites excluding steroid dienone is 4. The third-order valence-corrected chi connectivity index (χ3v) is 3.23. The van der Waals surface area contributed by atoms with Crippen LogP contribution in [0.4, 0.5) is 0 Å². The Labute approximate surface area is 106 Å². The molecule has 0 aromatic carbocycles. The topological polar surface area (TPSA) is 12.5 Å². The van der Waals surface area contributed by atoms with Crippen LogP contribution < -0.4 is 0 Å². The molecule has 0 aromatic rings. The van der Waals surface area contributed by atoms with Gasteiger partial charge in [0.1, 0.15) is 11.5 Å². The van der Waals surface area contributed by atoms with Crippen LogP contribution in [0.3, 0.4) is 0 Å². The molecule has 0 amide bonds. The van der Waals surface area contributed by atoms with Gasteiger partial charge in [-0.05, 0) is 33.6 Å². The SMILES string of the molecule is CC1=C(C)N(C(C)C)C(C(C)C)=C(C(C)C)O1. The van der Waals surface area contributed by atoms with E-state index in [1.807, 2.05) is 0 Å². The summed E-state index contributed by atoms with van der Waals surface area (Å²) in [5, 5.41) is 0. The smallest absolute Gasteiger partial charge is 0.126 e. The molecule has 0 radical (unpaired) electrons. The Hall–Kier alpha value is -0.920. The first-order valence-corrected chi connectivity index (χ1v) is 6.66. The van der Waals surface area contributed by atoms with Crippen molar-refractivity contribution in [1.29, 1.82) is 0 Å². The van der Waals surface area contributed by atoms with E-state index >= 15 is 0 Å². The molecule has 0 fully saturated rings. The van der Waals surface area contributed by atoms with E-state index in [1.54, 1.807) is 0 Å². The first-order valence-electron chi connectivity index (χ1n) is 6.66. The Morgan fingerprint density at radius 3 is 1.76 bits per heavy atom. The lowest BCUT2D eigenvalue weighted by atomic mass is 9.98. The molecule has 0 bridgehead atoms. The van der Waals surface area contributed by atoms with E-state index in [4.69, 9.17) is 4.74 Å². The molecular weight excluding hydrogens is 210 g/mol. The van der Waals surface area contributed by atoms with Crippen LogP contribution in [-0.4, -0.2) is 10.9 Å². The predicted octanol–water partition coefficient (Wildman–Crippen LogP) is 4.50. The average molecular weight is 237 g/mol. The molecule has 2 heteroatoms. The zero-order valence-corrected chi connectivity index (χ0v) is 12.6. The highest BCUT2D eigenvalue weighted by Gasteiger charge is 2.29. The van der Waals surface area contributed by atoms with Gasteiger partial charge in [-0.3, -0.25) is 0 Å². The summed E-state index contributed by atoms with van der Waals surface area (Å²) in [4.78, 5) is 2.43. The minimum Gasteiger partial charge on any atom is -0.462 e. The van der Waals surface area contributed by atoms with Crippen LogP contribution in [0.5, 0.6) is 0 Å². The molecule has 17 heavy (non-hydrogen) atoms. The van der Waals surface area contributed by atoms with Crippen molar-refractivity contribution in [2.45, 2.75) is 61.4 Å². The lowest BCUT2D eigenvalue weighted by Gasteiger charge is -2.40. The van der Waals surface area contributed by atoms with Crippen molar-refractivity contribution in [3.05, 3.63) is 22.9 Å². The lowest BCUT2D eigenvalue weighted by Crippen LogP contribution is -2.36. The third-order valence-electron chi connectivity index (χ3n) is 3.23. The van der Waals surface area contributed by atoms with Crippen molar-refractivity contribution < 1.29 is 4.74 Å². The van der Waals surface area contributed by atoms with Crippen LogP contribution >= 0.6 is 0 Å². The van der Waals surface area contributed by atoms with Crippen molar-refractivity contribution in [2.24, 2.45) is 11.8 Å². The van der Waals surface area contributed by atoms with Gasteiger partial charge < -0.3 is 9.64 Å². The normalized spacial score (nSPS) is 17.7. The molecule has 0 saturated carbocycles. The second kappa shape index (κ2) is 5.16. The number of nitrogens with zero attached hydrogens (tertiary/aromatic N) is 1. The number of rotatable bonds is 3. The summed E-state index contributed by atoms with van der Waals surface area (Å²) in [5.41, 5.74) is 2.59. The van der Waals surface area contributed by atoms with Gasteiger partial charge in [0.2, 0.25) is 0 Å². The molecule has 1 aliphatic rings. The molecule has 2 nitrogen and oxygen atoms in total. The van der Waals surface area contributed by atoms with Gasteiger partial charge in [-0.2, -0.15) is 0 Å². The fourth-order valence-electron chi connectivity index (χ4n) is 2.40. The highest BCUT2D eigenvalue weighted by Crippen LogP contribution is 2.36. The van der Waals surface area contributed by atoms with E-state index < -0.39 is 0 Å². The largest absolute Gasteiger partial charge is 0.462 e. The number of ether oxygens (including phenoxy) is 1. The summed E-state index contributed by atoms with van der Waals surface area (Å²) in [6.45, 7) is 17.6. The second-order valence-corrected chi connectivity index (χ2v) is 5.77. The Kier molecular flexibility index (Phi) is 4.29. The molecule has 1 aliphatic heterocycles. The van der Waals surface area contributed by atoms with E-state index in [-0.39, 0.29) is 0 Å². The molecule has 0 aromatic heterocycles. The van der Waals surface area contributed by atoms with Gasteiger partial charge in [0.15, 0.2) is 0 Å². The maximum atomic E-state index is 6.03. The van der Waals surface area contributed by atoms with Gasteiger partial charge in [-0.1, -0.05) is 27.7 Å². The van der Waals surface area contributed by atoms with E-state index in [9.17, 15) is 0 Å². The lowest BCUT2D eigenvalue weighted by molar-refractivity contribution is 0.176. The van der Waals surface area contributed by atoms with Crippen LogP contribution in [0.15, 0.2) is 22.9 Å². The van der Waals surface area contributed by atoms with E-state index in [2.05, 4.69) is 60.3 Å². The Balaban J connectivity index is 3.31. The van der Waals surface area contributed by atoms with Crippen molar-refractivity contribution in [3.8, 4) is 0 Å². The Morgan fingerprint density at radius 1 is 0.882 bits per heavy atom. The quantitative estimate of drug-likeness (QED) is 0.716. The Morgan fingerprint density at radius 2 is 1.41 bits per heavy atom. The van der Waals surface area contributed by atoms with Crippen LogP contribution in [0.1, 0.15) is 55.4 Å². The maximum Gasteiger partial charge on any atom is 0.126 e. The molecule has 0 saturated heterocycles. The maximum absolute atomic E-state index is 6.03. The summed E-state index contributed by atoms with van der Waals surface area (Å²) in [6, 6.07) is 0.472. The summed E-state index contributed by atoms with van der Waals surface area (Å²) < 4.78 is 6.03. The van der Waals surface area contributed by atoms with Gasteiger partial charge in [0.05, 0.1) is 11.4 Å². The standard InChI is InChI=1S/C15H27NO/c1-9(2)14-15(10(3)4)17-13(8)12(7)16(14)11(5)6/h9-11H,1-8H3. The molecule has 0 unspecified atom stereocenters. The fourth-order valence-corrected chi connectivity index (χ4v) is 2.40. The van der Waals surface area contributed by atoms with Crippen molar-refractivity contribution in [3.63, 3.8) is 0 Å². The summed E-state index contributed by atoms with van der Waals surface area (Å²) in [5.74, 6) is 3.08. The van der Waals surface area contributed by atoms with Crippen LogP contribution in [-0.2, 0) is 4.74 Å². The molecule has 1 rings (SSSR count). The van der Waals surface area contributed by atoms with Gasteiger partial charge >= 0.3 is 0 Å². The summed E-state index contributed by atoms with van der Waals surface area (Å²) in [6.07, 6.45) is 0. The van der Waals surface area contributed by atoms with Crippen LogP contribution in [0.2, 0.25) is 0 Å². The van der Waals surface area contributed by atoms with Gasteiger partial charge in [0.25, 0.3) is 0 Å². The average Bonchev–Trinajstić information content (AvgIpc) is 2.19. The number of hydrogen-bond donors (Lipinski definition) is 0. The molecule has 98 valence electrons. The molecule has 0 atom stereocenters. The van der Waals surface area contributed by atoms with Gasteiger partial charge in [-0.15, -0.1) is 0 Å². The molecular formula is C15H27NO. The molecule has 0 spiro atoms. The van der Waals surface area contributed by atoms with E-state index in [0.29, 0.717) is 17.9 Å². The highest BCUT2D eigenvalue weighted by atomic mass is 16.5. The first kappa shape index (κ1) is 14.1. The van der Waals surface area contributed by atoms with Crippen molar-refractivity contribution in [2.75, 3.05) is 0 Å². The highest BCUT2D eigenvalue weighted by molar-refractivity contribution is 5.26. The van der Waals surface area contributed by atoms with Crippen molar-refractivity contribution in [1.82, 2.24) is 4.90 Å². The second-order valence-electron chi connectivity index (χ2n) is 5.77. The van der Waals surface area contributed by atoms with Crippen molar-refractivity contribution >= 4 is 0 Å². The number of hydrogen-bond acceptors (Lipinski definition) is 2. The summed E-state index contributed by atoms with van der Waals surface area (Å²) >= 11 is 0. The molecule has 1 heterocycles. The van der Waals surface area contributed by atoms with Gasteiger partial charge in [-0.25, -0.2) is 0 Å². The zero-order valence-electron chi connectivity index (χ0n) is 12.6. The predicted molar refractivity (Wildman–Crippen MR) is 73.1 cm³/mol. The first-order chi connectivity index (χ1) is 7.77. The minimum atomic E-state index is 0.427. The zero-order chi connectivity index (χ0) is 13.3. The molecule has 0 N–H and O–H groups in total. The van der Waals surface area contributed by atoms with Crippen LogP contribution in [0.25, 0.3) is 0 Å². The third kappa shape index (κ3) is 2.67. The monoisotopic (exact) mass is 237 g/mol. The van der Waals surface area contributed by atoms with E-state index in [1.165, 1.54) is 11.4 Å². The molecule has 0 aliphatic carbocycles. The van der Waals surface area contributed by atoms with E-state index in [0.717, 1.165) is 11.5 Å². The van der Waals surface area contributed by atoms with Gasteiger partial charge in [0, 0.05) is 12.0 Å². The Bertz CT molecular complexity index is 348. The van der Waals surface area contributed by atoms with Crippen LogP contribution in [0, 0.1) is 11.8 Å². The fraction of sp³-hybridized carbons (Fsp3) is 0.733. The summed E-state index contributed by atoms with van der Waals surface area (Å²) in [7, 11) is 0.